The predicted molar refractivity (Wildman–Crippen MR) is 64.4 cm³/mol. The highest BCUT2D eigenvalue weighted by atomic mass is 16.5. The van der Waals surface area contributed by atoms with Crippen molar-refractivity contribution in [2.24, 2.45) is 11.7 Å². The molecule has 2 saturated carbocycles. The Morgan fingerprint density at radius 3 is 2.76 bits per heavy atom. The first-order chi connectivity index (χ1) is 8.17. The second-order valence-electron chi connectivity index (χ2n) is 5.94. The van der Waals surface area contributed by atoms with Gasteiger partial charge in [0.25, 0.3) is 0 Å². The van der Waals surface area contributed by atoms with E-state index in [1.165, 1.54) is 32.1 Å². The number of hydrogen-bond donors (Lipinski definition) is 1. The van der Waals surface area contributed by atoms with Gasteiger partial charge >= 0.3 is 0 Å². The summed E-state index contributed by atoms with van der Waals surface area (Å²) in [7, 11) is 0. The molecule has 0 amide bonds. The molecule has 2 aliphatic rings. The Kier molecular flexibility index (Phi) is 2.69. The van der Waals surface area contributed by atoms with Crippen molar-refractivity contribution in [3.05, 3.63) is 11.7 Å². The summed E-state index contributed by atoms with van der Waals surface area (Å²) in [5.41, 5.74) is 5.88. The first-order valence-corrected chi connectivity index (χ1v) is 6.80. The van der Waals surface area contributed by atoms with Crippen molar-refractivity contribution in [1.82, 2.24) is 10.1 Å². The van der Waals surface area contributed by atoms with E-state index >= 15 is 0 Å². The van der Waals surface area contributed by atoms with E-state index in [2.05, 4.69) is 17.1 Å². The van der Waals surface area contributed by atoms with Crippen LogP contribution in [0.3, 0.4) is 0 Å². The van der Waals surface area contributed by atoms with Gasteiger partial charge in [-0.2, -0.15) is 4.98 Å². The number of nitrogens with zero attached hydrogens (tertiary/aromatic N) is 2. The fourth-order valence-electron chi connectivity index (χ4n) is 3.04. The third-order valence-corrected chi connectivity index (χ3v) is 4.41. The lowest BCUT2D eigenvalue weighted by atomic mass is 9.77. The van der Waals surface area contributed by atoms with Gasteiger partial charge in [0.1, 0.15) is 0 Å². The highest BCUT2D eigenvalue weighted by molar-refractivity contribution is 5.09. The fourth-order valence-corrected chi connectivity index (χ4v) is 3.04. The van der Waals surface area contributed by atoms with Gasteiger partial charge in [0.2, 0.25) is 5.89 Å². The third kappa shape index (κ3) is 1.99. The van der Waals surface area contributed by atoms with Crippen molar-refractivity contribution in [3.63, 3.8) is 0 Å². The molecule has 0 aromatic carbocycles. The van der Waals surface area contributed by atoms with Crippen LogP contribution in [0.25, 0.3) is 0 Å². The van der Waals surface area contributed by atoms with Crippen molar-refractivity contribution < 1.29 is 4.52 Å². The van der Waals surface area contributed by atoms with E-state index in [0.29, 0.717) is 11.8 Å². The molecule has 0 radical (unpaired) electrons. The van der Waals surface area contributed by atoms with Crippen molar-refractivity contribution in [2.45, 2.75) is 63.3 Å². The Morgan fingerprint density at radius 1 is 1.29 bits per heavy atom. The molecule has 2 unspecified atom stereocenters. The zero-order chi connectivity index (χ0) is 11.9. The molecular weight excluding hydrogens is 214 g/mol. The normalized spacial score (nSPS) is 32.1. The standard InChI is InChI=1S/C13H21N3O/c1-9-4-2-5-10(8-9)11-15-12(17-16-11)13(14)6-3-7-13/h9-10H,2-8,14H2,1H3. The summed E-state index contributed by atoms with van der Waals surface area (Å²) in [5, 5.41) is 4.16. The molecule has 2 aliphatic carbocycles. The minimum absolute atomic E-state index is 0.314. The molecule has 1 aromatic heterocycles. The van der Waals surface area contributed by atoms with Crippen molar-refractivity contribution in [1.29, 1.82) is 0 Å². The van der Waals surface area contributed by atoms with Gasteiger partial charge in [0, 0.05) is 5.92 Å². The maximum absolute atomic E-state index is 6.20. The monoisotopic (exact) mass is 235 g/mol. The molecule has 0 saturated heterocycles. The van der Waals surface area contributed by atoms with Crippen LogP contribution >= 0.6 is 0 Å². The summed E-state index contributed by atoms with van der Waals surface area (Å²) >= 11 is 0. The van der Waals surface area contributed by atoms with Crippen LogP contribution in [0.1, 0.15) is 69.5 Å². The molecule has 0 spiro atoms. The van der Waals surface area contributed by atoms with E-state index in [4.69, 9.17) is 10.3 Å². The van der Waals surface area contributed by atoms with Crippen LogP contribution in [0.15, 0.2) is 4.52 Å². The Bertz CT molecular complexity index is 397. The molecule has 2 N–H and O–H groups in total. The lowest BCUT2D eigenvalue weighted by Crippen LogP contribution is -2.43. The maximum atomic E-state index is 6.20. The largest absolute Gasteiger partial charge is 0.337 e. The molecule has 3 rings (SSSR count). The molecule has 1 heterocycles. The highest BCUT2D eigenvalue weighted by Gasteiger charge is 2.40. The minimum atomic E-state index is -0.314. The molecular formula is C13H21N3O. The van der Waals surface area contributed by atoms with Gasteiger partial charge in [0.05, 0.1) is 5.54 Å². The summed E-state index contributed by atoms with van der Waals surface area (Å²) in [6, 6.07) is 0. The Morgan fingerprint density at radius 2 is 2.12 bits per heavy atom. The Hall–Kier alpha value is -0.900. The zero-order valence-electron chi connectivity index (χ0n) is 10.5. The zero-order valence-corrected chi connectivity index (χ0v) is 10.5. The molecule has 4 nitrogen and oxygen atoms in total. The van der Waals surface area contributed by atoms with Crippen LogP contribution in [0.4, 0.5) is 0 Å². The maximum Gasteiger partial charge on any atom is 0.246 e. The molecule has 0 bridgehead atoms. The lowest BCUT2D eigenvalue weighted by molar-refractivity contribution is 0.181. The van der Waals surface area contributed by atoms with Gasteiger partial charge < -0.3 is 10.3 Å². The van der Waals surface area contributed by atoms with Crippen molar-refractivity contribution in [3.8, 4) is 0 Å². The van der Waals surface area contributed by atoms with Gasteiger partial charge in [-0.1, -0.05) is 24.9 Å². The summed E-state index contributed by atoms with van der Waals surface area (Å²) in [5.74, 6) is 2.83. The first-order valence-electron chi connectivity index (χ1n) is 6.80. The Labute approximate surface area is 102 Å². The van der Waals surface area contributed by atoms with Gasteiger partial charge in [-0.15, -0.1) is 0 Å². The van der Waals surface area contributed by atoms with Crippen LogP contribution in [0.5, 0.6) is 0 Å². The molecule has 0 aliphatic heterocycles. The summed E-state index contributed by atoms with van der Waals surface area (Å²) < 4.78 is 5.37. The van der Waals surface area contributed by atoms with E-state index in [-0.39, 0.29) is 5.54 Å². The predicted octanol–water partition coefficient (Wildman–Crippen LogP) is 2.70. The first kappa shape index (κ1) is 11.2. The number of rotatable bonds is 2. The average molecular weight is 235 g/mol. The fraction of sp³-hybridized carbons (Fsp3) is 0.846. The van der Waals surface area contributed by atoms with Gasteiger partial charge in [-0.05, 0) is 38.0 Å². The summed E-state index contributed by atoms with van der Waals surface area (Å²) in [4.78, 5) is 4.56. The topological polar surface area (TPSA) is 64.9 Å². The summed E-state index contributed by atoms with van der Waals surface area (Å²) in [6.45, 7) is 2.31. The third-order valence-electron chi connectivity index (χ3n) is 4.41. The van der Waals surface area contributed by atoms with E-state index < -0.39 is 0 Å². The van der Waals surface area contributed by atoms with E-state index in [1.54, 1.807) is 0 Å². The van der Waals surface area contributed by atoms with Gasteiger partial charge in [-0.25, -0.2) is 0 Å². The number of hydrogen-bond acceptors (Lipinski definition) is 4. The number of aromatic nitrogens is 2. The second kappa shape index (κ2) is 4.09. The molecule has 2 fully saturated rings. The SMILES string of the molecule is CC1CCCC(c2noc(C3(N)CCC3)n2)C1. The quantitative estimate of drug-likeness (QED) is 0.856. The Balaban J connectivity index is 1.75. The van der Waals surface area contributed by atoms with Crippen molar-refractivity contribution in [2.75, 3.05) is 0 Å². The summed E-state index contributed by atoms with van der Waals surface area (Å²) in [6.07, 6.45) is 8.14. The van der Waals surface area contributed by atoms with Crippen LogP contribution < -0.4 is 5.73 Å². The van der Waals surface area contributed by atoms with E-state index in [1.807, 2.05) is 0 Å². The van der Waals surface area contributed by atoms with Crippen molar-refractivity contribution >= 4 is 0 Å². The smallest absolute Gasteiger partial charge is 0.246 e. The second-order valence-corrected chi connectivity index (χ2v) is 5.94. The molecule has 2 atom stereocenters. The van der Waals surface area contributed by atoms with Crippen LogP contribution in [0, 0.1) is 5.92 Å². The highest BCUT2D eigenvalue weighted by Crippen LogP contribution is 2.39. The van der Waals surface area contributed by atoms with Crippen LogP contribution in [-0.2, 0) is 5.54 Å². The lowest BCUT2D eigenvalue weighted by Gasteiger charge is -2.33. The number of nitrogens with two attached hydrogens (primary N) is 1. The van der Waals surface area contributed by atoms with Crippen LogP contribution in [0.2, 0.25) is 0 Å². The van der Waals surface area contributed by atoms with Gasteiger partial charge in [0.15, 0.2) is 5.82 Å². The van der Waals surface area contributed by atoms with E-state index in [0.717, 1.165) is 24.6 Å². The molecule has 1 aromatic rings. The molecule has 17 heavy (non-hydrogen) atoms. The minimum Gasteiger partial charge on any atom is -0.337 e. The van der Waals surface area contributed by atoms with Gasteiger partial charge in [-0.3, -0.25) is 0 Å². The van der Waals surface area contributed by atoms with E-state index in [9.17, 15) is 0 Å². The van der Waals surface area contributed by atoms with Crippen LogP contribution in [-0.4, -0.2) is 10.1 Å². The molecule has 94 valence electrons. The molecule has 4 heteroatoms. The average Bonchev–Trinajstić information content (AvgIpc) is 2.75.